The van der Waals surface area contributed by atoms with E-state index in [1.165, 1.54) is 18.2 Å². The SMILES string of the molecule is COCCOCCOCCOCCOCCOCCOc1cc([N+](=O)[O-])ccc1O. The number of nitrogens with zero attached hydrogens (tertiary/aromatic N) is 1. The molecule has 11 nitrogen and oxygen atoms in total. The third-order valence-corrected chi connectivity index (χ3v) is 3.56. The Hall–Kier alpha value is -2.02. The number of hydrogen-bond donors (Lipinski definition) is 1. The zero-order valence-electron chi connectivity index (χ0n) is 17.3. The molecule has 0 aliphatic heterocycles. The fourth-order valence-corrected chi connectivity index (χ4v) is 2.07. The highest BCUT2D eigenvalue weighted by Crippen LogP contribution is 2.29. The van der Waals surface area contributed by atoms with Crippen molar-refractivity contribution in [2.24, 2.45) is 0 Å². The number of benzene rings is 1. The highest BCUT2D eigenvalue weighted by Gasteiger charge is 2.11. The third kappa shape index (κ3) is 13.2. The molecule has 1 aromatic carbocycles. The van der Waals surface area contributed by atoms with Gasteiger partial charge in [0.15, 0.2) is 11.5 Å². The number of nitro groups is 1. The van der Waals surface area contributed by atoms with Gasteiger partial charge in [-0.15, -0.1) is 0 Å². The van der Waals surface area contributed by atoms with Gasteiger partial charge in [0.25, 0.3) is 5.69 Å². The Morgan fingerprint density at radius 1 is 0.767 bits per heavy atom. The Morgan fingerprint density at radius 3 is 1.63 bits per heavy atom. The van der Waals surface area contributed by atoms with Gasteiger partial charge in [-0.3, -0.25) is 10.1 Å². The van der Waals surface area contributed by atoms with Gasteiger partial charge < -0.3 is 38.3 Å². The van der Waals surface area contributed by atoms with Crippen LogP contribution in [0.5, 0.6) is 11.5 Å². The first-order valence-corrected chi connectivity index (χ1v) is 9.63. The van der Waals surface area contributed by atoms with Crippen LogP contribution in [0, 0.1) is 10.1 Å². The minimum absolute atomic E-state index is 0.0452. The van der Waals surface area contributed by atoms with Crippen LogP contribution in [0.3, 0.4) is 0 Å². The van der Waals surface area contributed by atoms with Crippen LogP contribution in [0.15, 0.2) is 18.2 Å². The van der Waals surface area contributed by atoms with E-state index in [4.69, 9.17) is 33.2 Å². The van der Waals surface area contributed by atoms with Crippen molar-refractivity contribution in [1.29, 1.82) is 0 Å². The van der Waals surface area contributed by atoms with E-state index < -0.39 is 4.92 Å². The second-order valence-electron chi connectivity index (χ2n) is 5.81. The first-order valence-electron chi connectivity index (χ1n) is 9.63. The van der Waals surface area contributed by atoms with Crippen molar-refractivity contribution >= 4 is 5.69 Å². The van der Waals surface area contributed by atoms with Gasteiger partial charge in [0.05, 0.1) is 83.7 Å². The molecule has 0 atom stereocenters. The van der Waals surface area contributed by atoms with Crippen molar-refractivity contribution < 1.29 is 43.2 Å². The van der Waals surface area contributed by atoms with E-state index in [0.717, 1.165) is 0 Å². The Labute approximate surface area is 175 Å². The minimum atomic E-state index is -0.558. The molecule has 11 heteroatoms. The largest absolute Gasteiger partial charge is 0.504 e. The van der Waals surface area contributed by atoms with Crippen LogP contribution in [0.25, 0.3) is 0 Å². The second-order valence-corrected chi connectivity index (χ2v) is 5.81. The Kier molecular flexibility index (Phi) is 15.4. The summed E-state index contributed by atoms with van der Waals surface area (Å²) in [6, 6.07) is 3.59. The number of ether oxygens (including phenoxy) is 7. The van der Waals surface area contributed by atoms with Crippen molar-refractivity contribution in [2.75, 3.05) is 86.4 Å². The summed E-state index contributed by atoms with van der Waals surface area (Å²) in [6.07, 6.45) is 0. The van der Waals surface area contributed by atoms with Crippen LogP contribution in [-0.4, -0.2) is 96.4 Å². The highest BCUT2D eigenvalue weighted by atomic mass is 16.6. The molecule has 0 aliphatic carbocycles. The summed E-state index contributed by atoms with van der Waals surface area (Å²) >= 11 is 0. The molecule has 0 fully saturated rings. The molecule has 0 aliphatic rings. The van der Waals surface area contributed by atoms with Crippen LogP contribution in [0.1, 0.15) is 0 Å². The monoisotopic (exact) mass is 433 g/mol. The fourth-order valence-electron chi connectivity index (χ4n) is 2.07. The summed E-state index contributed by atoms with van der Waals surface area (Å²) < 4.78 is 36.8. The summed E-state index contributed by atoms with van der Waals surface area (Å²) in [5, 5.41) is 20.3. The Bertz CT molecular complexity index is 572. The van der Waals surface area contributed by atoms with E-state index in [9.17, 15) is 15.2 Å². The standard InChI is InChI=1S/C19H31NO10/c1-24-4-5-25-6-7-26-8-9-27-10-11-28-12-13-29-14-15-30-19-16-17(20(22)23)2-3-18(19)21/h2-3,16,21H,4-15H2,1H3. The number of phenolic OH excluding ortho intramolecular Hbond substituents is 1. The molecular formula is C19H31NO10. The van der Waals surface area contributed by atoms with Crippen molar-refractivity contribution in [1.82, 2.24) is 0 Å². The fraction of sp³-hybridized carbons (Fsp3) is 0.684. The molecule has 0 spiro atoms. The predicted molar refractivity (Wildman–Crippen MR) is 106 cm³/mol. The van der Waals surface area contributed by atoms with Crippen LogP contribution < -0.4 is 4.74 Å². The van der Waals surface area contributed by atoms with E-state index in [1.54, 1.807) is 7.11 Å². The molecular weight excluding hydrogens is 402 g/mol. The van der Waals surface area contributed by atoms with E-state index in [-0.39, 0.29) is 30.4 Å². The smallest absolute Gasteiger partial charge is 0.273 e. The molecule has 0 radical (unpaired) electrons. The van der Waals surface area contributed by atoms with E-state index in [1.807, 2.05) is 0 Å². The lowest BCUT2D eigenvalue weighted by Gasteiger charge is -2.09. The molecule has 0 saturated heterocycles. The molecule has 1 rings (SSSR count). The van der Waals surface area contributed by atoms with Crippen molar-refractivity contribution in [2.45, 2.75) is 0 Å². The lowest BCUT2D eigenvalue weighted by molar-refractivity contribution is -0.385. The summed E-state index contributed by atoms with van der Waals surface area (Å²) in [7, 11) is 1.63. The molecule has 1 aromatic rings. The van der Waals surface area contributed by atoms with Gasteiger partial charge in [0.1, 0.15) is 6.61 Å². The lowest BCUT2D eigenvalue weighted by atomic mass is 10.3. The molecule has 0 amide bonds. The van der Waals surface area contributed by atoms with E-state index >= 15 is 0 Å². The Balaban J connectivity index is 1.85. The molecule has 0 heterocycles. The maximum absolute atomic E-state index is 10.7. The van der Waals surface area contributed by atoms with Crippen LogP contribution in [0.2, 0.25) is 0 Å². The average Bonchev–Trinajstić information content (AvgIpc) is 2.74. The summed E-state index contributed by atoms with van der Waals surface area (Å²) in [5.41, 5.74) is -0.155. The van der Waals surface area contributed by atoms with Gasteiger partial charge in [-0.2, -0.15) is 0 Å². The summed E-state index contributed by atoms with van der Waals surface area (Å²) in [6.45, 7) is 5.26. The molecule has 0 bridgehead atoms. The van der Waals surface area contributed by atoms with Crippen molar-refractivity contribution in [3.05, 3.63) is 28.3 Å². The van der Waals surface area contributed by atoms with Crippen LogP contribution >= 0.6 is 0 Å². The zero-order chi connectivity index (χ0) is 21.9. The number of methoxy groups -OCH3 is 1. The van der Waals surface area contributed by atoms with Gasteiger partial charge in [0.2, 0.25) is 0 Å². The Morgan fingerprint density at radius 2 is 1.20 bits per heavy atom. The molecule has 30 heavy (non-hydrogen) atoms. The van der Waals surface area contributed by atoms with E-state index in [2.05, 4.69) is 0 Å². The van der Waals surface area contributed by atoms with Crippen LogP contribution in [0.4, 0.5) is 5.69 Å². The number of rotatable bonds is 20. The normalized spacial score (nSPS) is 11.0. The van der Waals surface area contributed by atoms with Gasteiger partial charge >= 0.3 is 0 Å². The molecule has 1 N–H and O–H groups in total. The van der Waals surface area contributed by atoms with Crippen LogP contribution in [-0.2, 0) is 28.4 Å². The predicted octanol–water partition coefficient (Wildman–Crippen LogP) is 1.41. The number of hydrogen-bond acceptors (Lipinski definition) is 10. The quantitative estimate of drug-likeness (QED) is 0.183. The van der Waals surface area contributed by atoms with Crippen molar-refractivity contribution in [3.63, 3.8) is 0 Å². The number of non-ortho nitro benzene ring substituents is 1. The van der Waals surface area contributed by atoms with E-state index in [0.29, 0.717) is 66.1 Å². The maximum Gasteiger partial charge on any atom is 0.273 e. The second kappa shape index (κ2) is 17.8. The number of nitro benzene ring substituents is 1. The van der Waals surface area contributed by atoms with Crippen molar-refractivity contribution in [3.8, 4) is 11.5 Å². The number of phenols is 1. The first kappa shape index (κ1) is 26.0. The topological polar surface area (TPSA) is 128 Å². The lowest BCUT2D eigenvalue weighted by Crippen LogP contribution is -2.14. The van der Waals surface area contributed by atoms with Gasteiger partial charge in [-0.25, -0.2) is 0 Å². The van der Waals surface area contributed by atoms with Gasteiger partial charge in [-0.1, -0.05) is 0 Å². The molecule has 0 saturated carbocycles. The zero-order valence-corrected chi connectivity index (χ0v) is 17.3. The highest BCUT2D eigenvalue weighted by molar-refractivity contribution is 5.47. The maximum atomic E-state index is 10.7. The molecule has 0 aromatic heterocycles. The minimum Gasteiger partial charge on any atom is -0.504 e. The molecule has 172 valence electrons. The average molecular weight is 433 g/mol. The summed E-state index contributed by atoms with van der Waals surface area (Å²) in [5.74, 6) is -0.117. The first-order chi connectivity index (χ1) is 14.6. The van der Waals surface area contributed by atoms with Gasteiger partial charge in [0, 0.05) is 13.2 Å². The summed E-state index contributed by atoms with van der Waals surface area (Å²) in [4.78, 5) is 10.2. The van der Waals surface area contributed by atoms with Gasteiger partial charge in [-0.05, 0) is 6.07 Å². The third-order valence-electron chi connectivity index (χ3n) is 3.56. The molecule has 0 unspecified atom stereocenters. The number of aromatic hydroxyl groups is 1.